The molecule has 0 amide bonds. The van der Waals surface area contributed by atoms with Gasteiger partial charge in [0.2, 0.25) is 0 Å². The lowest BCUT2D eigenvalue weighted by Gasteiger charge is -2.13. The zero-order valence-electron chi connectivity index (χ0n) is 12.7. The van der Waals surface area contributed by atoms with Gasteiger partial charge in [0, 0.05) is 19.3 Å². The maximum absolute atomic E-state index is 4.67. The number of hydrogen-bond acceptors (Lipinski definition) is 3. The Labute approximate surface area is 124 Å². The van der Waals surface area contributed by atoms with Crippen LogP contribution in [-0.2, 0) is 20.1 Å². The summed E-state index contributed by atoms with van der Waals surface area (Å²) in [7, 11) is 2.06. The van der Waals surface area contributed by atoms with Crippen molar-refractivity contribution in [2.45, 2.75) is 33.0 Å². The van der Waals surface area contributed by atoms with E-state index in [9.17, 15) is 0 Å². The van der Waals surface area contributed by atoms with Gasteiger partial charge in [0.1, 0.15) is 5.82 Å². The number of rotatable bonds is 5. The van der Waals surface area contributed by atoms with E-state index in [1.54, 1.807) is 0 Å². The van der Waals surface area contributed by atoms with Gasteiger partial charge in [-0.05, 0) is 31.5 Å². The minimum absolute atomic E-state index is 0.337. The topological polar surface area (TPSA) is 47.7 Å². The molecule has 5 nitrogen and oxygen atoms in total. The SMILES string of the molecule is Cc1cnn(C[C@H](C)NCc2nc3ccccc3n2C)c1. The molecule has 110 valence electrons. The molecule has 3 rings (SSSR count). The van der Waals surface area contributed by atoms with Gasteiger partial charge in [-0.3, -0.25) is 4.68 Å². The van der Waals surface area contributed by atoms with Crippen molar-refractivity contribution in [2.24, 2.45) is 7.05 Å². The Kier molecular flexibility index (Phi) is 3.75. The number of hydrogen-bond donors (Lipinski definition) is 1. The molecule has 5 heteroatoms. The summed E-state index contributed by atoms with van der Waals surface area (Å²) in [4.78, 5) is 4.67. The summed E-state index contributed by atoms with van der Waals surface area (Å²) in [6.45, 7) is 5.84. The molecule has 1 aromatic carbocycles. The van der Waals surface area contributed by atoms with Gasteiger partial charge in [-0.1, -0.05) is 12.1 Å². The first kappa shape index (κ1) is 13.8. The van der Waals surface area contributed by atoms with Crippen LogP contribution in [0.4, 0.5) is 0 Å². The number of aryl methyl sites for hydroxylation is 2. The van der Waals surface area contributed by atoms with Gasteiger partial charge in [-0.2, -0.15) is 5.10 Å². The standard InChI is InChI=1S/C16H21N5/c1-12-8-18-21(10-12)11-13(2)17-9-16-19-14-6-4-5-7-15(14)20(16)3/h4-8,10,13,17H,9,11H2,1-3H3/t13-/m0/s1. The fourth-order valence-electron chi connectivity index (χ4n) is 2.53. The highest BCUT2D eigenvalue weighted by atomic mass is 15.3. The van der Waals surface area contributed by atoms with Crippen LogP contribution in [-0.4, -0.2) is 25.4 Å². The Morgan fingerprint density at radius 2 is 2.10 bits per heavy atom. The van der Waals surface area contributed by atoms with Crippen molar-refractivity contribution in [3.63, 3.8) is 0 Å². The molecule has 3 aromatic rings. The molecular formula is C16H21N5. The van der Waals surface area contributed by atoms with E-state index >= 15 is 0 Å². The number of fused-ring (bicyclic) bond motifs is 1. The Bertz CT molecular complexity index is 740. The monoisotopic (exact) mass is 283 g/mol. The highest BCUT2D eigenvalue weighted by Crippen LogP contribution is 2.14. The minimum atomic E-state index is 0.337. The van der Waals surface area contributed by atoms with Gasteiger partial charge in [0.05, 0.1) is 30.3 Å². The second-order valence-corrected chi connectivity index (χ2v) is 5.60. The van der Waals surface area contributed by atoms with Crippen LogP contribution < -0.4 is 5.32 Å². The summed E-state index contributed by atoms with van der Waals surface area (Å²) in [5.41, 5.74) is 3.41. The highest BCUT2D eigenvalue weighted by Gasteiger charge is 2.09. The third-order valence-electron chi connectivity index (χ3n) is 3.71. The highest BCUT2D eigenvalue weighted by molar-refractivity contribution is 5.75. The fourth-order valence-corrected chi connectivity index (χ4v) is 2.53. The van der Waals surface area contributed by atoms with Crippen LogP contribution in [0.5, 0.6) is 0 Å². The maximum Gasteiger partial charge on any atom is 0.123 e. The predicted octanol–water partition coefficient (Wildman–Crippen LogP) is 2.26. The molecule has 0 fully saturated rings. The number of nitrogens with zero attached hydrogens (tertiary/aromatic N) is 4. The van der Waals surface area contributed by atoms with Crippen LogP contribution in [0.3, 0.4) is 0 Å². The van der Waals surface area contributed by atoms with Gasteiger partial charge < -0.3 is 9.88 Å². The van der Waals surface area contributed by atoms with E-state index in [0.29, 0.717) is 6.04 Å². The molecule has 0 aliphatic rings. The van der Waals surface area contributed by atoms with Crippen LogP contribution >= 0.6 is 0 Å². The van der Waals surface area contributed by atoms with Crippen LogP contribution in [0.15, 0.2) is 36.7 Å². The summed E-state index contributed by atoms with van der Waals surface area (Å²) in [6, 6.07) is 8.56. The molecule has 1 atom stereocenters. The van der Waals surface area contributed by atoms with E-state index in [-0.39, 0.29) is 0 Å². The third-order valence-corrected chi connectivity index (χ3v) is 3.71. The molecule has 0 unspecified atom stereocenters. The van der Waals surface area contributed by atoms with E-state index in [0.717, 1.165) is 24.4 Å². The molecule has 2 aromatic heterocycles. The van der Waals surface area contributed by atoms with Gasteiger partial charge in [-0.15, -0.1) is 0 Å². The smallest absolute Gasteiger partial charge is 0.123 e. The van der Waals surface area contributed by atoms with E-state index in [1.807, 2.05) is 23.0 Å². The molecular weight excluding hydrogens is 262 g/mol. The van der Waals surface area contributed by atoms with Crippen molar-refractivity contribution >= 4 is 11.0 Å². The zero-order chi connectivity index (χ0) is 14.8. The first-order chi connectivity index (χ1) is 10.1. The number of para-hydroxylation sites is 2. The van der Waals surface area contributed by atoms with Crippen molar-refractivity contribution in [3.05, 3.63) is 48.0 Å². The van der Waals surface area contributed by atoms with Crippen molar-refractivity contribution in [1.29, 1.82) is 0 Å². The molecule has 0 bridgehead atoms. The predicted molar refractivity (Wildman–Crippen MR) is 84.0 cm³/mol. The Morgan fingerprint density at radius 3 is 2.81 bits per heavy atom. The number of nitrogens with one attached hydrogen (secondary N) is 1. The first-order valence-electron chi connectivity index (χ1n) is 7.26. The minimum Gasteiger partial charge on any atom is -0.330 e. The Morgan fingerprint density at radius 1 is 1.29 bits per heavy atom. The van der Waals surface area contributed by atoms with E-state index in [2.05, 4.69) is 59.2 Å². The lowest BCUT2D eigenvalue weighted by molar-refractivity contribution is 0.443. The van der Waals surface area contributed by atoms with Gasteiger partial charge in [0.25, 0.3) is 0 Å². The second kappa shape index (κ2) is 5.69. The zero-order valence-corrected chi connectivity index (χ0v) is 12.7. The molecule has 0 aliphatic heterocycles. The molecule has 21 heavy (non-hydrogen) atoms. The van der Waals surface area contributed by atoms with Gasteiger partial charge in [0.15, 0.2) is 0 Å². The Hall–Kier alpha value is -2.14. The van der Waals surface area contributed by atoms with Crippen molar-refractivity contribution in [2.75, 3.05) is 0 Å². The van der Waals surface area contributed by atoms with Crippen molar-refractivity contribution in [1.82, 2.24) is 24.6 Å². The third kappa shape index (κ3) is 2.97. The largest absolute Gasteiger partial charge is 0.330 e. The normalized spacial score (nSPS) is 12.9. The first-order valence-corrected chi connectivity index (χ1v) is 7.26. The van der Waals surface area contributed by atoms with Gasteiger partial charge in [-0.25, -0.2) is 4.98 Å². The summed E-state index contributed by atoms with van der Waals surface area (Å²) in [6.07, 6.45) is 3.95. The fraction of sp³-hybridized carbons (Fsp3) is 0.375. The van der Waals surface area contributed by atoms with E-state index < -0.39 is 0 Å². The molecule has 0 saturated heterocycles. The Balaban J connectivity index is 1.64. The molecule has 0 saturated carbocycles. The van der Waals surface area contributed by atoms with E-state index in [1.165, 1.54) is 11.1 Å². The molecule has 1 N–H and O–H groups in total. The van der Waals surface area contributed by atoms with Crippen molar-refractivity contribution < 1.29 is 0 Å². The summed E-state index contributed by atoms with van der Waals surface area (Å²) < 4.78 is 4.12. The van der Waals surface area contributed by atoms with E-state index in [4.69, 9.17) is 0 Å². The molecule has 0 aliphatic carbocycles. The van der Waals surface area contributed by atoms with Crippen LogP contribution in [0.1, 0.15) is 18.3 Å². The second-order valence-electron chi connectivity index (χ2n) is 5.60. The van der Waals surface area contributed by atoms with Crippen LogP contribution in [0.2, 0.25) is 0 Å². The molecule has 0 spiro atoms. The lowest BCUT2D eigenvalue weighted by Crippen LogP contribution is -2.31. The molecule has 0 radical (unpaired) electrons. The lowest BCUT2D eigenvalue weighted by atomic mass is 10.3. The quantitative estimate of drug-likeness (QED) is 0.781. The summed E-state index contributed by atoms with van der Waals surface area (Å²) in [5, 5.41) is 7.83. The van der Waals surface area contributed by atoms with Crippen LogP contribution in [0.25, 0.3) is 11.0 Å². The number of benzene rings is 1. The maximum atomic E-state index is 4.67. The average molecular weight is 283 g/mol. The molecule has 2 heterocycles. The summed E-state index contributed by atoms with van der Waals surface area (Å²) >= 11 is 0. The summed E-state index contributed by atoms with van der Waals surface area (Å²) in [5.74, 6) is 1.06. The van der Waals surface area contributed by atoms with Crippen molar-refractivity contribution in [3.8, 4) is 0 Å². The number of aromatic nitrogens is 4. The van der Waals surface area contributed by atoms with Crippen LogP contribution in [0, 0.1) is 6.92 Å². The average Bonchev–Trinajstić information content (AvgIpc) is 3.01. The van der Waals surface area contributed by atoms with Gasteiger partial charge >= 0.3 is 0 Å². The number of imidazole rings is 1.